The normalized spacial score (nSPS) is 10.4. The summed E-state index contributed by atoms with van der Waals surface area (Å²) in [7, 11) is 3.59. The van der Waals surface area contributed by atoms with E-state index in [1.807, 2.05) is 0 Å². The van der Waals surface area contributed by atoms with Crippen LogP contribution in [0.5, 0.6) is 0 Å². The van der Waals surface area contributed by atoms with Crippen molar-refractivity contribution in [1.29, 1.82) is 0 Å². The van der Waals surface area contributed by atoms with Crippen LogP contribution >= 0.6 is 23.1 Å². The van der Waals surface area contributed by atoms with E-state index in [9.17, 15) is 14.9 Å². The van der Waals surface area contributed by atoms with Gasteiger partial charge >= 0.3 is 5.97 Å². The van der Waals surface area contributed by atoms with E-state index in [2.05, 4.69) is 10.2 Å². The van der Waals surface area contributed by atoms with Gasteiger partial charge in [-0.1, -0.05) is 17.4 Å². The highest BCUT2D eigenvalue weighted by Crippen LogP contribution is 2.39. The molecule has 0 unspecified atom stereocenters. The summed E-state index contributed by atoms with van der Waals surface area (Å²) in [6.07, 6.45) is 0. The first-order valence-corrected chi connectivity index (χ1v) is 7.23. The molecule has 0 radical (unpaired) electrons. The van der Waals surface area contributed by atoms with Crippen molar-refractivity contribution in [3.63, 3.8) is 0 Å². The molecule has 1 aromatic heterocycles. The molecule has 8 nitrogen and oxygen atoms in total. The molecule has 1 N–H and O–H groups in total. The van der Waals surface area contributed by atoms with E-state index in [0.29, 0.717) is 9.47 Å². The van der Waals surface area contributed by atoms with Crippen LogP contribution in [0, 0.1) is 10.1 Å². The second-order valence-corrected chi connectivity index (χ2v) is 6.28. The Morgan fingerprint density at radius 1 is 1.43 bits per heavy atom. The summed E-state index contributed by atoms with van der Waals surface area (Å²) in [6, 6.07) is 3.94. The number of nitro groups is 1. The number of rotatable bonds is 5. The van der Waals surface area contributed by atoms with Gasteiger partial charge in [-0.3, -0.25) is 10.1 Å². The van der Waals surface area contributed by atoms with Gasteiger partial charge in [0.15, 0.2) is 4.34 Å². The number of aromatic carboxylic acids is 1. The zero-order valence-electron chi connectivity index (χ0n) is 11.0. The van der Waals surface area contributed by atoms with Gasteiger partial charge in [-0.25, -0.2) is 4.79 Å². The summed E-state index contributed by atoms with van der Waals surface area (Å²) in [5, 5.41) is 28.7. The molecule has 21 heavy (non-hydrogen) atoms. The Kier molecular flexibility index (Phi) is 4.38. The van der Waals surface area contributed by atoms with E-state index in [0.717, 1.165) is 11.8 Å². The Morgan fingerprint density at radius 3 is 2.67 bits per heavy atom. The maximum absolute atomic E-state index is 11.2. The predicted octanol–water partition coefficient (Wildman–Crippen LogP) is 2.36. The Balaban J connectivity index is 2.45. The summed E-state index contributed by atoms with van der Waals surface area (Å²) < 4.78 is 0.440. The molecule has 0 fully saturated rings. The minimum Gasteiger partial charge on any atom is -0.478 e. The van der Waals surface area contributed by atoms with E-state index < -0.39 is 10.9 Å². The van der Waals surface area contributed by atoms with Crippen LogP contribution in [0.3, 0.4) is 0 Å². The molecule has 0 amide bonds. The maximum atomic E-state index is 11.2. The molecular formula is C11H10N4O4S2. The summed E-state index contributed by atoms with van der Waals surface area (Å²) in [4.78, 5) is 23.5. The van der Waals surface area contributed by atoms with Gasteiger partial charge in [0.2, 0.25) is 5.13 Å². The predicted molar refractivity (Wildman–Crippen MR) is 78.4 cm³/mol. The van der Waals surface area contributed by atoms with Crippen LogP contribution in [0.2, 0.25) is 0 Å². The van der Waals surface area contributed by atoms with Gasteiger partial charge in [0.25, 0.3) is 5.69 Å². The Morgan fingerprint density at radius 2 is 2.14 bits per heavy atom. The molecule has 110 valence electrons. The highest BCUT2D eigenvalue weighted by molar-refractivity contribution is 8.01. The van der Waals surface area contributed by atoms with Gasteiger partial charge in [-0.15, -0.1) is 10.2 Å². The first kappa shape index (κ1) is 15.2. The largest absolute Gasteiger partial charge is 0.478 e. The number of hydrogen-bond acceptors (Lipinski definition) is 8. The number of aromatic nitrogens is 2. The molecule has 0 atom stereocenters. The van der Waals surface area contributed by atoms with Crippen LogP contribution in [0.25, 0.3) is 0 Å². The van der Waals surface area contributed by atoms with E-state index in [1.54, 1.807) is 19.0 Å². The van der Waals surface area contributed by atoms with Crippen LogP contribution in [-0.2, 0) is 0 Å². The van der Waals surface area contributed by atoms with Crippen LogP contribution in [0.1, 0.15) is 10.4 Å². The zero-order valence-corrected chi connectivity index (χ0v) is 12.6. The number of hydrogen-bond donors (Lipinski definition) is 1. The van der Waals surface area contributed by atoms with Gasteiger partial charge in [0, 0.05) is 20.2 Å². The van der Waals surface area contributed by atoms with E-state index in [1.165, 1.54) is 29.5 Å². The smallest absolute Gasteiger partial charge is 0.337 e. The summed E-state index contributed by atoms with van der Waals surface area (Å²) >= 11 is 2.16. The Bertz CT molecular complexity index is 669. The lowest BCUT2D eigenvalue weighted by atomic mass is 10.2. The molecule has 10 heteroatoms. The fourth-order valence-electron chi connectivity index (χ4n) is 1.46. The Labute approximate surface area is 127 Å². The van der Waals surface area contributed by atoms with Crippen molar-refractivity contribution >= 4 is 39.9 Å². The van der Waals surface area contributed by atoms with Crippen molar-refractivity contribution in [2.24, 2.45) is 0 Å². The van der Waals surface area contributed by atoms with Gasteiger partial charge in [-0.2, -0.15) is 0 Å². The number of carbonyl (C=O) groups is 1. The van der Waals surface area contributed by atoms with Crippen molar-refractivity contribution in [3.05, 3.63) is 33.9 Å². The van der Waals surface area contributed by atoms with E-state index in [-0.39, 0.29) is 16.1 Å². The van der Waals surface area contributed by atoms with Crippen molar-refractivity contribution in [2.45, 2.75) is 9.24 Å². The molecule has 0 aliphatic heterocycles. The van der Waals surface area contributed by atoms with Crippen LogP contribution in [-0.4, -0.2) is 40.3 Å². The fourth-order valence-corrected chi connectivity index (χ4v) is 3.37. The lowest BCUT2D eigenvalue weighted by Crippen LogP contribution is -2.07. The molecule has 0 saturated carbocycles. The molecular weight excluding hydrogens is 316 g/mol. The number of carboxylic acid groups (broad SMARTS) is 1. The fraction of sp³-hybridized carbons (Fsp3) is 0.182. The number of nitrogens with zero attached hydrogens (tertiary/aromatic N) is 4. The topological polar surface area (TPSA) is 109 Å². The molecule has 2 rings (SSSR count). The second-order valence-electron chi connectivity index (χ2n) is 4.06. The van der Waals surface area contributed by atoms with E-state index >= 15 is 0 Å². The maximum Gasteiger partial charge on any atom is 0.337 e. The zero-order chi connectivity index (χ0) is 15.6. The summed E-state index contributed by atoms with van der Waals surface area (Å²) in [5.41, 5.74) is -0.391. The second kappa shape index (κ2) is 6.06. The van der Waals surface area contributed by atoms with Crippen LogP contribution < -0.4 is 4.90 Å². The lowest BCUT2D eigenvalue weighted by Gasteiger charge is -2.05. The van der Waals surface area contributed by atoms with Crippen LogP contribution in [0.15, 0.2) is 27.4 Å². The number of benzene rings is 1. The SMILES string of the molecule is CN(C)c1nnc(Sc2c(C(=O)O)cccc2[N+](=O)[O-])s1. The highest BCUT2D eigenvalue weighted by atomic mass is 32.2. The molecule has 0 aliphatic carbocycles. The standard InChI is InChI=1S/C11H10N4O4S2/c1-14(2)10-12-13-11(21-10)20-8-6(9(16)17)4-3-5-7(8)15(18)19/h3-5H,1-2H3,(H,16,17). The first-order valence-electron chi connectivity index (χ1n) is 5.59. The van der Waals surface area contributed by atoms with Gasteiger partial charge in [-0.05, 0) is 17.8 Å². The van der Waals surface area contributed by atoms with Crippen molar-refractivity contribution in [3.8, 4) is 0 Å². The third kappa shape index (κ3) is 3.28. The molecule has 2 aromatic rings. The summed E-state index contributed by atoms with van der Waals surface area (Å²) in [5.74, 6) is -1.22. The average Bonchev–Trinajstić information content (AvgIpc) is 2.87. The molecule has 0 spiro atoms. The monoisotopic (exact) mass is 326 g/mol. The van der Waals surface area contributed by atoms with Gasteiger partial charge < -0.3 is 10.0 Å². The average molecular weight is 326 g/mol. The molecule has 1 heterocycles. The van der Waals surface area contributed by atoms with E-state index in [4.69, 9.17) is 5.11 Å². The van der Waals surface area contributed by atoms with Crippen molar-refractivity contribution < 1.29 is 14.8 Å². The van der Waals surface area contributed by atoms with Crippen molar-refractivity contribution in [2.75, 3.05) is 19.0 Å². The Hall–Kier alpha value is -2.20. The number of nitro benzene ring substituents is 1. The number of anilines is 1. The lowest BCUT2D eigenvalue weighted by molar-refractivity contribution is -0.387. The van der Waals surface area contributed by atoms with Gasteiger partial charge in [0.1, 0.15) is 4.90 Å². The third-order valence-corrected chi connectivity index (χ3v) is 4.66. The summed E-state index contributed by atoms with van der Waals surface area (Å²) in [6.45, 7) is 0. The van der Waals surface area contributed by atoms with Gasteiger partial charge in [0.05, 0.1) is 10.5 Å². The number of carboxylic acids is 1. The third-order valence-electron chi connectivity index (χ3n) is 2.39. The minimum atomic E-state index is -1.22. The molecule has 0 saturated heterocycles. The van der Waals surface area contributed by atoms with Crippen molar-refractivity contribution in [1.82, 2.24) is 10.2 Å². The quantitative estimate of drug-likeness (QED) is 0.658. The molecule has 0 bridgehead atoms. The minimum absolute atomic E-state index is 0.0523. The highest BCUT2D eigenvalue weighted by Gasteiger charge is 2.23. The first-order chi connectivity index (χ1) is 9.90. The van der Waals surface area contributed by atoms with Crippen LogP contribution in [0.4, 0.5) is 10.8 Å². The molecule has 1 aromatic carbocycles. The molecule has 0 aliphatic rings.